The third-order valence-corrected chi connectivity index (χ3v) is 6.73. The van der Waals surface area contributed by atoms with Crippen molar-refractivity contribution in [2.24, 2.45) is 11.3 Å². The normalized spacial score (nSPS) is 27.5. The first kappa shape index (κ1) is 32.0. The number of cyclic esters (lactones) is 1. The van der Waals surface area contributed by atoms with Crippen molar-refractivity contribution in [3.8, 4) is 0 Å². The van der Waals surface area contributed by atoms with E-state index in [1.807, 2.05) is 26.8 Å². The highest BCUT2D eigenvalue weighted by Crippen LogP contribution is 2.39. The lowest BCUT2D eigenvalue weighted by Gasteiger charge is -2.34. The molecule has 0 aromatic carbocycles. The summed E-state index contributed by atoms with van der Waals surface area (Å²) in [7, 11) is 0. The fourth-order valence-electron chi connectivity index (χ4n) is 5.04. The van der Waals surface area contributed by atoms with Crippen LogP contribution in [-0.4, -0.2) is 53.8 Å². The number of amides is 1. The van der Waals surface area contributed by atoms with Gasteiger partial charge in [0.15, 0.2) is 5.78 Å². The SMILES string of the molecule is CC(C)N[C@@]1(C)CCCCCC=CCOC(=O)N2CC[C@](C(=O)C(C)C)(CCC1=O)C2.S.S. The minimum atomic E-state index is -0.661. The Hall–Kier alpha value is -0.990. The molecule has 1 amide bonds. The Morgan fingerprint density at radius 2 is 1.73 bits per heavy atom. The standard InChI is InChI=1S/C25H42N2O4.2H2S/c1-19(2)22(29)25-14-12-21(28)24(5,26-20(3)4)13-10-8-6-7-9-11-17-31-23(30)27(18-25)16-15-25;;/h9,11,19-20,26H,6-8,10,12-18H2,1-5H3;2*1H2/t24-,25+;;/m0../s1. The quantitative estimate of drug-likeness (QED) is 0.554. The van der Waals surface area contributed by atoms with E-state index in [2.05, 4.69) is 25.2 Å². The smallest absolute Gasteiger partial charge is 0.410 e. The second-order valence-electron chi connectivity index (χ2n) is 10.2. The fraction of sp³-hybridized carbons (Fsp3) is 0.800. The highest BCUT2D eigenvalue weighted by Gasteiger charge is 2.47. The summed E-state index contributed by atoms with van der Waals surface area (Å²) in [5.74, 6) is 0.178. The zero-order valence-corrected chi connectivity index (χ0v) is 23.2. The number of ether oxygens (including phenoxy) is 1. The first-order valence-corrected chi connectivity index (χ1v) is 12.0. The molecular formula is C25H46N2O4S2. The van der Waals surface area contributed by atoms with E-state index in [4.69, 9.17) is 4.74 Å². The minimum Gasteiger partial charge on any atom is -0.445 e. The number of nitrogens with zero attached hydrogens (tertiary/aromatic N) is 1. The Labute approximate surface area is 214 Å². The van der Waals surface area contributed by atoms with E-state index >= 15 is 0 Å². The highest BCUT2D eigenvalue weighted by molar-refractivity contribution is 7.59. The van der Waals surface area contributed by atoms with Gasteiger partial charge in [0.1, 0.15) is 12.4 Å². The minimum absolute atomic E-state index is 0. The van der Waals surface area contributed by atoms with Crippen molar-refractivity contribution in [2.75, 3.05) is 19.7 Å². The molecule has 33 heavy (non-hydrogen) atoms. The van der Waals surface area contributed by atoms with Gasteiger partial charge >= 0.3 is 6.09 Å². The van der Waals surface area contributed by atoms with Crippen molar-refractivity contribution in [2.45, 2.75) is 97.6 Å². The molecule has 0 saturated carbocycles. The molecule has 192 valence electrons. The average molecular weight is 503 g/mol. The van der Waals surface area contributed by atoms with Crippen molar-refractivity contribution >= 4 is 44.7 Å². The van der Waals surface area contributed by atoms with E-state index in [9.17, 15) is 14.4 Å². The van der Waals surface area contributed by atoms with E-state index in [-0.39, 0.29) is 63.2 Å². The van der Waals surface area contributed by atoms with Gasteiger partial charge in [-0.05, 0) is 52.9 Å². The number of ketones is 2. The summed E-state index contributed by atoms with van der Waals surface area (Å²) < 4.78 is 5.39. The van der Waals surface area contributed by atoms with Gasteiger partial charge in [-0.1, -0.05) is 38.8 Å². The lowest BCUT2D eigenvalue weighted by atomic mass is 9.73. The molecule has 1 N–H and O–H groups in total. The lowest BCUT2D eigenvalue weighted by Crippen LogP contribution is -2.52. The molecule has 0 aromatic heterocycles. The topological polar surface area (TPSA) is 75.7 Å². The zero-order chi connectivity index (χ0) is 23.1. The second-order valence-corrected chi connectivity index (χ2v) is 10.2. The van der Waals surface area contributed by atoms with E-state index in [1.54, 1.807) is 4.90 Å². The van der Waals surface area contributed by atoms with E-state index < -0.39 is 11.0 Å². The maximum atomic E-state index is 13.4. The van der Waals surface area contributed by atoms with Gasteiger partial charge in [0.05, 0.1) is 5.54 Å². The van der Waals surface area contributed by atoms with Crippen molar-refractivity contribution in [3.63, 3.8) is 0 Å². The molecule has 0 radical (unpaired) electrons. The maximum absolute atomic E-state index is 13.4. The Bertz CT molecular complexity index is 683. The Morgan fingerprint density at radius 1 is 1.03 bits per heavy atom. The van der Waals surface area contributed by atoms with Crippen LogP contribution in [0.5, 0.6) is 0 Å². The van der Waals surface area contributed by atoms with Gasteiger partial charge in [0.2, 0.25) is 0 Å². The number of Topliss-reactive ketones (excluding diaryl/α,β-unsaturated/α-hetero) is 2. The molecule has 2 rings (SSSR count). The Kier molecular flexibility index (Phi) is 14.0. The summed E-state index contributed by atoms with van der Waals surface area (Å²) in [4.78, 5) is 40.8. The maximum Gasteiger partial charge on any atom is 0.410 e. The predicted molar refractivity (Wildman–Crippen MR) is 144 cm³/mol. The summed E-state index contributed by atoms with van der Waals surface area (Å²) in [6.07, 6.45) is 9.83. The molecule has 2 heterocycles. The van der Waals surface area contributed by atoms with Crippen molar-refractivity contribution in [3.05, 3.63) is 12.2 Å². The molecule has 2 atom stereocenters. The summed E-state index contributed by atoms with van der Waals surface area (Å²) in [5, 5.41) is 3.50. The van der Waals surface area contributed by atoms with Gasteiger partial charge in [-0.15, -0.1) is 0 Å². The van der Waals surface area contributed by atoms with Gasteiger partial charge in [0, 0.05) is 36.9 Å². The van der Waals surface area contributed by atoms with Gasteiger partial charge in [-0.3, -0.25) is 9.59 Å². The van der Waals surface area contributed by atoms with Crippen LogP contribution in [0.15, 0.2) is 12.2 Å². The number of hydrogen-bond acceptors (Lipinski definition) is 5. The molecule has 6 nitrogen and oxygen atoms in total. The Balaban J connectivity index is 0.00000512. The third kappa shape index (κ3) is 8.95. The van der Waals surface area contributed by atoms with E-state index in [0.717, 1.165) is 32.1 Å². The zero-order valence-electron chi connectivity index (χ0n) is 21.2. The van der Waals surface area contributed by atoms with Crippen LogP contribution in [0.4, 0.5) is 4.79 Å². The van der Waals surface area contributed by atoms with Crippen LogP contribution in [-0.2, 0) is 14.3 Å². The molecule has 0 spiro atoms. The molecule has 0 aliphatic carbocycles. The van der Waals surface area contributed by atoms with Crippen LogP contribution >= 0.6 is 27.0 Å². The van der Waals surface area contributed by atoms with Crippen molar-refractivity contribution in [1.82, 2.24) is 10.2 Å². The number of allylic oxidation sites excluding steroid dienone is 1. The van der Waals surface area contributed by atoms with Gasteiger partial charge < -0.3 is 15.0 Å². The van der Waals surface area contributed by atoms with Gasteiger partial charge in [0.25, 0.3) is 0 Å². The number of nitrogens with one attached hydrogen (secondary N) is 1. The van der Waals surface area contributed by atoms with Crippen molar-refractivity contribution < 1.29 is 19.1 Å². The van der Waals surface area contributed by atoms with Crippen molar-refractivity contribution in [1.29, 1.82) is 0 Å². The Morgan fingerprint density at radius 3 is 2.36 bits per heavy atom. The first-order valence-electron chi connectivity index (χ1n) is 12.0. The molecule has 1 fully saturated rings. The summed E-state index contributed by atoms with van der Waals surface area (Å²) >= 11 is 0. The monoisotopic (exact) mass is 502 g/mol. The van der Waals surface area contributed by atoms with Crippen LogP contribution in [0.1, 0.15) is 86.0 Å². The molecule has 2 aliphatic rings. The van der Waals surface area contributed by atoms with E-state index in [0.29, 0.717) is 32.4 Å². The molecule has 0 aromatic rings. The van der Waals surface area contributed by atoms with Crippen LogP contribution in [0.3, 0.4) is 0 Å². The van der Waals surface area contributed by atoms with Crippen LogP contribution < -0.4 is 5.32 Å². The molecular weight excluding hydrogens is 456 g/mol. The van der Waals surface area contributed by atoms with Gasteiger partial charge in [-0.25, -0.2) is 4.79 Å². The third-order valence-electron chi connectivity index (χ3n) is 6.73. The summed E-state index contributed by atoms with van der Waals surface area (Å²) in [6, 6.07) is 0.203. The fourth-order valence-corrected chi connectivity index (χ4v) is 5.04. The number of rotatable bonds is 4. The average Bonchev–Trinajstić information content (AvgIpc) is 3.14. The first-order chi connectivity index (χ1) is 14.6. The summed E-state index contributed by atoms with van der Waals surface area (Å²) in [6.45, 7) is 11.0. The predicted octanol–water partition coefficient (Wildman–Crippen LogP) is 4.89. The molecule has 0 unspecified atom stereocenters. The van der Waals surface area contributed by atoms with Crippen LogP contribution in [0.25, 0.3) is 0 Å². The van der Waals surface area contributed by atoms with Crippen LogP contribution in [0, 0.1) is 11.3 Å². The number of fused-ring (bicyclic) bond motifs is 2. The highest BCUT2D eigenvalue weighted by atomic mass is 32.1. The van der Waals surface area contributed by atoms with Crippen LogP contribution in [0.2, 0.25) is 0 Å². The largest absolute Gasteiger partial charge is 0.445 e. The molecule has 8 heteroatoms. The molecule has 2 bridgehead atoms. The molecule has 1 saturated heterocycles. The summed E-state index contributed by atoms with van der Waals surface area (Å²) in [5.41, 5.74) is -1.25. The van der Waals surface area contributed by atoms with Gasteiger partial charge in [-0.2, -0.15) is 27.0 Å². The van der Waals surface area contributed by atoms with E-state index in [1.165, 1.54) is 0 Å². The number of hydrogen-bond donors (Lipinski definition) is 1. The number of carbonyl (C=O) groups is 3. The lowest BCUT2D eigenvalue weighted by molar-refractivity contribution is -0.133. The number of carbonyl (C=O) groups excluding carboxylic acids is 3. The second kappa shape index (κ2) is 14.4. The molecule has 2 aliphatic heterocycles.